The Labute approximate surface area is 202 Å². The standard InChI is InChI=1S/C27H44O7/c1-23(32,15-28)8-5-9-26(4,33)22-7-11-27(34)17-12-19(29)18-13-20(30)21(31)14-24(18,2)16(17)6-10-25(22,27)3/h12,16,18,20-22,28,30-34H,5-11,13-15H2,1-4H3/t16-,18-,20+,21-,22-,23-,24+,25+,26-,27+/m0/s1. The molecule has 3 fully saturated rings. The first kappa shape index (κ1) is 26.2. The number of ketones is 1. The number of fused-ring (bicyclic) bond motifs is 5. The average molecular weight is 481 g/mol. The Bertz CT molecular complexity index is 850. The summed E-state index contributed by atoms with van der Waals surface area (Å²) in [5.74, 6) is -0.643. The third-order valence-corrected chi connectivity index (χ3v) is 10.6. The smallest absolute Gasteiger partial charge is 0.159 e. The van der Waals surface area contributed by atoms with Crippen molar-refractivity contribution in [2.45, 2.75) is 114 Å². The molecule has 194 valence electrons. The molecule has 0 radical (unpaired) electrons. The van der Waals surface area contributed by atoms with E-state index in [0.717, 1.165) is 12.0 Å². The molecule has 4 aliphatic rings. The van der Waals surface area contributed by atoms with Crippen LogP contribution >= 0.6 is 0 Å². The molecule has 0 aromatic heterocycles. The van der Waals surface area contributed by atoms with Crippen molar-refractivity contribution in [3.63, 3.8) is 0 Å². The first-order valence-electron chi connectivity index (χ1n) is 13.0. The lowest BCUT2D eigenvalue weighted by atomic mass is 9.45. The van der Waals surface area contributed by atoms with Gasteiger partial charge in [-0.05, 0) is 101 Å². The van der Waals surface area contributed by atoms with Gasteiger partial charge in [0.1, 0.15) is 0 Å². The first-order valence-corrected chi connectivity index (χ1v) is 13.0. The fourth-order valence-corrected chi connectivity index (χ4v) is 8.45. The molecule has 4 aliphatic carbocycles. The summed E-state index contributed by atoms with van der Waals surface area (Å²) in [6, 6.07) is 0. The zero-order valence-corrected chi connectivity index (χ0v) is 21.1. The molecule has 3 saturated carbocycles. The molecule has 0 aromatic rings. The Morgan fingerprint density at radius 3 is 2.35 bits per heavy atom. The van der Waals surface area contributed by atoms with Gasteiger partial charge in [0.15, 0.2) is 5.78 Å². The summed E-state index contributed by atoms with van der Waals surface area (Å²) in [6.07, 6.45) is 4.41. The number of hydrogen-bond donors (Lipinski definition) is 6. The van der Waals surface area contributed by atoms with E-state index < -0.39 is 39.8 Å². The van der Waals surface area contributed by atoms with Crippen LogP contribution in [0.2, 0.25) is 0 Å². The fraction of sp³-hybridized carbons (Fsp3) is 0.889. The van der Waals surface area contributed by atoms with E-state index in [1.165, 1.54) is 0 Å². The van der Waals surface area contributed by atoms with E-state index in [1.807, 2.05) is 20.8 Å². The number of rotatable bonds is 6. The van der Waals surface area contributed by atoms with Crippen molar-refractivity contribution in [3.05, 3.63) is 11.6 Å². The molecule has 6 N–H and O–H groups in total. The second-order valence-corrected chi connectivity index (χ2v) is 13.0. The second-order valence-electron chi connectivity index (χ2n) is 13.0. The highest BCUT2D eigenvalue weighted by atomic mass is 16.3. The van der Waals surface area contributed by atoms with Crippen LogP contribution in [-0.4, -0.2) is 72.0 Å². The van der Waals surface area contributed by atoms with E-state index >= 15 is 0 Å². The molecule has 0 amide bonds. The monoisotopic (exact) mass is 480 g/mol. The lowest BCUT2D eigenvalue weighted by molar-refractivity contribution is -0.160. The minimum atomic E-state index is -1.20. The van der Waals surface area contributed by atoms with Crippen LogP contribution < -0.4 is 0 Å². The van der Waals surface area contributed by atoms with Crippen LogP contribution in [0.3, 0.4) is 0 Å². The quantitative estimate of drug-likeness (QED) is 0.341. The normalized spacial score (nSPS) is 47.6. The lowest BCUT2D eigenvalue weighted by Gasteiger charge is -2.60. The highest BCUT2D eigenvalue weighted by Gasteiger charge is 2.68. The van der Waals surface area contributed by atoms with E-state index in [2.05, 4.69) is 0 Å². The van der Waals surface area contributed by atoms with Gasteiger partial charge in [-0.3, -0.25) is 4.79 Å². The van der Waals surface area contributed by atoms with E-state index in [4.69, 9.17) is 0 Å². The van der Waals surface area contributed by atoms with E-state index in [-0.39, 0.29) is 36.6 Å². The van der Waals surface area contributed by atoms with Crippen molar-refractivity contribution >= 4 is 5.78 Å². The molecule has 0 aliphatic heterocycles. The third-order valence-electron chi connectivity index (χ3n) is 10.6. The predicted octanol–water partition coefficient (Wildman–Crippen LogP) is 1.86. The maximum atomic E-state index is 13.2. The van der Waals surface area contributed by atoms with Gasteiger partial charge >= 0.3 is 0 Å². The minimum absolute atomic E-state index is 0.0428. The third kappa shape index (κ3) is 3.82. The molecule has 0 bridgehead atoms. The zero-order chi connectivity index (χ0) is 25.3. The SMILES string of the molecule is C[C@@](O)(CO)CCC[C@](C)(O)[C@H]1CC[C@@]2(O)C3=CC(=O)[C@@H]4C[C@@H](O)[C@@H](O)C[C@]4(C)[C@H]3CC[C@]12C. The molecule has 0 unspecified atom stereocenters. The highest BCUT2D eigenvalue weighted by Crippen LogP contribution is 2.68. The zero-order valence-electron chi connectivity index (χ0n) is 21.1. The molecule has 7 heteroatoms. The predicted molar refractivity (Wildman–Crippen MR) is 127 cm³/mol. The largest absolute Gasteiger partial charge is 0.393 e. The van der Waals surface area contributed by atoms with Gasteiger partial charge in [0.25, 0.3) is 0 Å². The molecular weight excluding hydrogens is 436 g/mol. The van der Waals surface area contributed by atoms with Gasteiger partial charge in [0.2, 0.25) is 0 Å². The van der Waals surface area contributed by atoms with Crippen molar-refractivity contribution in [2.75, 3.05) is 6.61 Å². The summed E-state index contributed by atoms with van der Waals surface area (Å²) in [4.78, 5) is 13.2. The Morgan fingerprint density at radius 2 is 1.71 bits per heavy atom. The molecule has 4 rings (SSSR count). The van der Waals surface area contributed by atoms with Crippen LogP contribution in [0.15, 0.2) is 11.6 Å². The molecule has 0 aromatic carbocycles. The molecule has 0 heterocycles. The van der Waals surface area contributed by atoms with Crippen molar-refractivity contribution in [3.8, 4) is 0 Å². The van der Waals surface area contributed by atoms with Gasteiger partial charge in [-0.1, -0.05) is 13.8 Å². The van der Waals surface area contributed by atoms with Gasteiger partial charge in [-0.2, -0.15) is 0 Å². The Hall–Kier alpha value is -0.830. The lowest BCUT2D eigenvalue weighted by Crippen LogP contribution is -2.61. The highest BCUT2D eigenvalue weighted by molar-refractivity contribution is 5.95. The second kappa shape index (κ2) is 8.35. The topological polar surface area (TPSA) is 138 Å². The number of carbonyl (C=O) groups is 1. The number of hydrogen-bond acceptors (Lipinski definition) is 7. The Morgan fingerprint density at radius 1 is 1.03 bits per heavy atom. The van der Waals surface area contributed by atoms with Gasteiger partial charge in [-0.25, -0.2) is 0 Å². The van der Waals surface area contributed by atoms with E-state index in [1.54, 1.807) is 13.0 Å². The molecule has 0 saturated heterocycles. The molecule has 34 heavy (non-hydrogen) atoms. The summed E-state index contributed by atoms with van der Waals surface area (Å²) in [6.45, 7) is 7.14. The van der Waals surface area contributed by atoms with Crippen LogP contribution in [0.1, 0.15) is 85.5 Å². The molecule has 0 spiro atoms. The molecule has 7 nitrogen and oxygen atoms in total. The van der Waals surface area contributed by atoms with E-state index in [0.29, 0.717) is 44.9 Å². The van der Waals surface area contributed by atoms with Crippen LogP contribution in [0.4, 0.5) is 0 Å². The first-order chi connectivity index (χ1) is 15.6. The van der Waals surface area contributed by atoms with Crippen LogP contribution in [0, 0.1) is 28.6 Å². The van der Waals surface area contributed by atoms with Gasteiger partial charge < -0.3 is 30.6 Å². The average Bonchev–Trinajstić information content (AvgIpc) is 3.02. The summed E-state index contributed by atoms with van der Waals surface area (Å²) in [7, 11) is 0. The van der Waals surface area contributed by atoms with Crippen molar-refractivity contribution < 1.29 is 35.4 Å². The number of aliphatic hydroxyl groups is 6. The summed E-state index contributed by atoms with van der Waals surface area (Å²) in [5, 5.41) is 63.9. The fourth-order valence-electron chi connectivity index (χ4n) is 8.45. The number of allylic oxidation sites excluding steroid dienone is 1. The van der Waals surface area contributed by atoms with Crippen molar-refractivity contribution in [1.29, 1.82) is 0 Å². The minimum Gasteiger partial charge on any atom is -0.393 e. The molecule has 10 atom stereocenters. The van der Waals surface area contributed by atoms with Crippen molar-refractivity contribution in [2.24, 2.45) is 28.6 Å². The Kier molecular flexibility index (Phi) is 6.45. The summed E-state index contributed by atoms with van der Waals surface area (Å²) < 4.78 is 0. The van der Waals surface area contributed by atoms with Gasteiger partial charge in [-0.15, -0.1) is 0 Å². The van der Waals surface area contributed by atoms with Crippen molar-refractivity contribution in [1.82, 2.24) is 0 Å². The number of carbonyl (C=O) groups excluding carboxylic acids is 1. The summed E-state index contributed by atoms with van der Waals surface area (Å²) in [5.41, 5.74) is -3.79. The number of aliphatic hydroxyl groups excluding tert-OH is 3. The van der Waals surface area contributed by atoms with Gasteiger partial charge in [0.05, 0.1) is 35.6 Å². The van der Waals surface area contributed by atoms with Crippen LogP contribution in [0.5, 0.6) is 0 Å². The maximum absolute atomic E-state index is 13.2. The van der Waals surface area contributed by atoms with Gasteiger partial charge in [0, 0.05) is 11.3 Å². The summed E-state index contributed by atoms with van der Waals surface area (Å²) >= 11 is 0. The van der Waals surface area contributed by atoms with Crippen LogP contribution in [0.25, 0.3) is 0 Å². The van der Waals surface area contributed by atoms with Crippen LogP contribution in [-0.2, 0) is 4.79 Å². The maximum Gasteiger partial charge on any atom is 0.159 e. The Balaban J connectivity index is 1.61. The van der Waals surface area contributed by atoms with E-state index in [9.17, 15) is 35.4 Å². The molecular formula is C27H44O7.